The molecule has 1 rings (SSSR count). The molecule has 0 amide bonds. The topological polar surface area (TPSA) is 24.1 Å². The van der Waals surface area contributed by atoms with Crippen molar-refractivity contribution in [3.05, 3.63) is 13.2 Å². The highest BCUT2D eigenvalue weighted by Crippen LogP contribution is 2.31. The van der Waals surface area contributed by atoms with Crippen LogP contribution in [0.25, 0.3) is 0 Å². The fourth-order valence-electron chi connectivity index (χ4n) is 2.26. The molecule has 0 saturated heterocycles. The van der Waals surface area contributed by atoms with Gasteiger partial charge in [0.2, 0.25) is 0 Å². The highest BCUT2D eigenvalue weighted by atomic mass is 15.0. The SMILES string of the molecule is C=C.CCC(NC)C(CC1CCC1)NC. The second-order valence-corrected chi connectivity index (χ2v) is 4.23. The Hall–Kier alpha value is -0.340. The van der Waals surface area contributed by atoms with Crippen LogP contribution in [0, 0.1) is 5.92 Å². The maximum absolute atomic E-state index is 3.44. The fraction of sp³-hybridized carbons (Fsp3) is 0.846. The van der Waals surface area contributed by atoms with Gasteiger partial charge in [-0.15, -0.1) is 13.2 Å². The number of nitrogens with one attached hydrogen (secondary N) is 2. The minimum atomic E-state index is 0.644. The number of likely N-dealkylation sites (N-methyl/N-ethyl adjacent to an activating group) is 2. The predicted octanol–water partition coefficient (Wildman–Crippen LogP) is 2.56. The summed E-state index contributed by atoms with van der Waals surface area (Å²) in [6.07, 6.45) is 6.94. The van der Waals surface area contributed by atoms with Crippen LogP contribution in [0.3, 0.4) is 0 Å². The first-order chi connectivity index (χ1) is 7.31. The van der Waals surface area contributed by atoms with Crippen molar-refractivity contribution in [2.45, 2.75) is 51.1 Å². The molecule has 0 aliphatic heterocycles. The van der Waals surface area contributed by atoms with Crippen molar-refractivity contribution in [2.75, 3.05) is 14.1 Å². The Morgan fingerprint density at radius 1 is 1.13 bits per heavy atom. The summed E-state index contributed by atoms with van der Waals surface area (Å²) in [6, 6.07) is 1.31. The zero-order valence-corrected chi connectivity index (χ0v) is 10.7. The van der Waals surface area contributed by atoms with E-state index in [-0.39, 0.29) is 0 Å². The molecule has 2 N–H and O–H groups in total. The van der Waals surface area contributed by atoms with Crippen molar-refractivity contribution >= 4 is 0 Å². The Morgan fingerprint density at radius 3 is 1.93 bits per heavy atom. The Morgan fingerprint density at radius 2 is 1.67 bits per heavy atom. The van der Waals surface area contributed by atoms with Gasteiger partial charge in [-0.1, -0.05) is 26.2 Å². The summed E-state index contributed by atoms with van der Waals surface area (Å²) in [5, 5.41) is 6.83. The summed E-state index contributed by atoms with van der Waals surface area (Å²) in [7, 11) is 4.16. The molecular formula is C13H28N2. The predicted molar refractivity (Wildman–Crippen MR) is 69.2 cm³/mol. The van der Waals surface area contributed by atoms with Crippen molar-refractivity contribution in [3.8, 4) is 0 Å². The standard InChI is InChI=1S/C11H24N2.C2H4/c1-4-10(12-2)11(13-3)8-9-6-5-7-9;1-2/h9-13H,4-8H2,1-3H3;1-2H2. The number of hydrogen-bond acceptors (Lipinski definition) is 2. The van der Waals surface area contributed by atoms with E-state index in [0.29, 0.717) is 12.1 Å². The van der Waals surface area contributed by atoms with Gasteiger partial charge in [-0.05, 0) is 32.9 Å². The second kappa shape index (κ2) is 8.93. The van der Waals surface area contributed by atoms with Gasteiger partial charge in [-0.25, -0.2) is 0 Å². The van der Waals surface area contributed by atoms with Crippen molar-refractivity contribution in [1.82, 2.24) is 10.6 Å². The first kappa shape index (κ1) is 14.7. The lowest BCUT2D eigenvalue weighted by molar-refractivity contribution is 0.238. The average Bonchev–Trinajstić information content (AvgIpc) is 2.24. The van der Waals surface area contributed by atoms with E-state index in [1.54, 1.807) is 0 Å². The van der Waals surface area contributed by atoms with Gasteiger partial charge in [0, 0.05) is 12.1 Å². The Labute approximate surface area is 95.5 Å². The number of rotatable bonds is 6. The molecule has 1 aliphatic carbocycles. The van der Waals surface area contributed by atoms with E-state index < -0.39 is 0 Å². The first-order valence-electron chi connectivity index (χ1n) is 6.16. The third kappa shape index (κ3) is 4.80. The smallest absolute Gasteiger partial charge is 0.0220 e. The van der Waals surface area contributed by atoms with Crippen LogP contribution >= 0.6 is 0 Å². The maximum atomic E-state index is 3.44. The van der Waals surface area contributed by atoms with E-state index in [2.05, 4.69) is 44.8 Å². The van der Waals surface area contributed by atoms with Gasteiger partial charge >= 0.3 is 0 Å². The molecule has 2 atom stereocenters. The molecular weight excluding hydrogens is 184 g/mol. The molecule has 1 fully saturated rings. The monoisotopic (exact) mass is 212 g/mol. The van der Waals surface area contributed by atoms with Crippen LogP contribution in [0.4, 0.5) is 0 Å². The molecule has 0 spiro atoms. The fourth-order valence-corrected chi connectivity index (χ4v) is 2.26. The minimum Gasteiger partial charge on any atom is -0.315 e. The van der Waals surface area contributed by atoms with E-state index >= 15 is 0 Å². The van der Waals surface area contributed by atoms with Crippen molar-refractivity contribution in [2.24, 2.45) is 5.92 Å². The van der Waals surface area contributed by atoms with Crippen LogP contribution in [0.2, 0.25) is 0 Å². The molecule has 0 heterocycles. The molecule has 2 unspecified atom stereocenters. The molecule has 1 aliphatic rings. The van der Waals surface area contributed by atoms with Crippen LogP contribution in [0.1, 0.15) is 39.0 Å². The molecule has 0 aromatic rings. The average molecular weight is 212 g/mol. The molecule has 90 valence electrons. The largest absolute Gasteiger partial charge is 0.315 e. The van der Waals surface area contributed by atoms with Crippen LogP contribution in [0.5, 0.6) is 0 Å². The van der Waals surface area contributed by atoms with E-state index in [1.165, 1.54) is 32.1 Å². The van der Waals surface area contributed by atoms with Crippen LogP contribution in [-0.2, 0) is 0 Å². The van der Waals surface area contributed by atoms with Gasteiger partial charge < -0.3 is 10.6 Å². The van der Waals surface area contributed by atoms with Crippen LogP contribution < -0.4 is 10.6 Å². The summed E-state index contributed by atoms with van der Waals surface area (Å²) in [4.78, 5) is 0. The lowest BCUT2D eigenvalue weighted by Crippen LogP contribution is -2.46. The summed E-state index contributed by atoms with van der Waals surface area (Å²) < 4.78 is 0. The summed E-state index contributed by atoms with van der Waals surface area (Å²) >= 11 is 0. The van der Waals surface area contributed by atoms with E-state index in [4.69, 9.17) is 0 Å². The van der Waals surface area contributed by atoms with Crippen LogP contribution in [0.15, 0.2) is 13.2 Å². The van der Waals surface area contributed by atoms with E-state index in [9.17, 15) is 0 Å². The van der Waals surface area contributed by atoms with E-state index in [0.717, 1.165) is 5.92 Å². The lowest BCUT2D eigenvalue weighted by atomic mass is 9.79. The third-order valence-corrected chi connectivity index (χ3v) is 3.48. The molecule has 0 aromatic carbocycles. The molecule has 1 saturated carbocycles. The summed E-state index contributed by atoms with van der Waals surface area (Å²) in [5.41, 5.74) is 0. The zero-order valence-electron chi connectivity index (χ0n) is 10.7. The Balaban J connectivity index is 0.000000921. The Kier molecular flexibility index (Phi) is 8.73. The lowest BCUT2D eigenvalue weighted by Gasteiger charge is -2.33. The molecule has 0 aromatic heterocycles. The maximum Gasteiger partial charge on any atom is 0.0220 e. The second-order valence-electron chi connectivity index (χ2n) is 4.23. The van der Waals surface area contributed by atoms with Gasteiger partial charge in [0.1, 0.15) is 0 Å². The quantitative estimate of drug-likeness (QED) is 0.661. The van der Waals surface area contributed by atoms with Crippen molar-refractivity contribution in [3.63, 3.8) is 0 Å². The van der Waals surface area contributed by atoms with Crippen LogP contribution in [-0.4, -0.2) is 26.2 Å². The highest BCUT2D eigenvalue weighted by Gasteiger charge is 2.24. The van der Waals surface area contributed by atoms with E-state index in [1.807, 2.05) is 0 Å². The minimum absolute atomic E-state index is 0.644. The molecule has 0 bridgehead atoms. The summed E-state index contributed by atoms with van der Waals surface area (Å²) in [6.45, 7) is 8.26. The molecule has 2 heteroatoms. The van der Waals surface area contributed by atoms with Gasteiger partial charge in [-0.2, -0.15) is 0 Å². The van der Waals surface area contributed by atoms with Gasteiger partial charge in [0.15, 0.2) is 0 Å². The van der Waals surface area contributed by atoms with Gasteiger partial charge in [-0.3, -0.25) is 0 Å². The van der Waals surface area contributed by atoms with Crippen molar-refractivity contribution < 1.29 is 0 Å². The highest BCUT2D eigenvalue weighted by molar-refractivity contribution is 4.84. The summed E-state index contributed by atoms with van der Waals surface area (Å²) in [5.74, 6) is 1.000. The third-order valence-electron chi connectivity index (χ3n) is 3.48. The normalized spacial score (nSPS) is 19.7. The molecule has 15 heavy (non-hydrogen) atoms. The first-order valence-corrected chi connectivity index (χ1v) is 6.16. The Bertz CT molecular complexity index is 139. The molecule has 0 radical (unpaired) electrons. The van der Waals surface area contributed by atoms with Crippen molar-refractivity contribution in [1.29, 1.82) is 0 Å². The number of hydrogen-bond donors (Lipinski definition) is 2. The molecule has 2 nitrogen and oxygen atoms in total. The zero-order chi connectivity index (χ0) is 11.7. The van der Waals surface area contributed by atoms with Gasteiger partial charge in [0.25, 0.3) is 0 Å². The van der Waals surface area contributed by atoms with Gasteiger partial charge in [0.05, 0.1) is 0 Å².